The fraction of sp³-hybridized carbons (Fsp3) is 0.312. The molecule has 1 saturated carbocycles. The highest BCUT2D eigenvalue weighted by Crippen LogP contribution is 2.55. The Hall–Kier alpha value is -4.06. The lowest BCUT2D eigenvalue weighted by Crippen LogP contribution is -2.49. The van der Waals surface area contributed by atoms with Gasteiger partial charge >= 0.3 is 0 Å². The number of pyridine rings is 2. The average Bonchev–Trinajstić information content (AvgIpc) is 3.67. The number of alkyl halides is 1. The van der Waals surface area contributed by atoms with Gasteiger partial charge in [0.05, 0.1) is 35.1 Å². The number of nitrogens with zero attached hydrogens (tertiary/aromatic N) is 2. The molecule has 4 N–H and O–H groups in total. The van der Waals surface area contributed by atoms with E-state index in [2.05, 4.69) is 15.3 Å². The van der Waals surface area contributed by atoms with Gasteiger partial charge in [0.2, 0.25) is 5.91 Å². The Kier molecular flexibility index (Phi) is 7.42. The van der Waals surface area contributed by atoms with Gasteiger partial charge in [-0.25, -0.2) is 18.7 Å². The molecule has 1 aliphatic heterocycles. The van der Waals surface area contributed by atoms with E-state index in [-0.39, 0.29) is 58.3 Å². The van der Waals surface area contributed by atoms with E-state index in [4.69, 9.17) is 38.4 Å². The summed E-state index contributed by atoms with van der Waals surface area (Å²) in [6.45, 7) is 2.56. The number of aryl methyl sites for hydroxylation is 1. The van der Waals surface area contributed by atoms with Crippen LogP contribution in [0, 0.1) is 12.7 Å². The number of halogens is 4. The zero-order valence-electron chi connectivity index (χ0n) is 24.4. The van der Waals surface area contributed by atoms with Crippen LogP contribution in [0.15, 0.2) is 42.5 Å². The van der Waals surface area contributed by atoms with Gasteiger partial charge in [-0.2, -0.15) is 0 Å². The number of rotatable bonds is 8. The van der Waals surface area contributed by atoms with Crippen molar-refractivity contribution in [3.8, 4) is 22.8 Å². The van der Waals surface area contributed by atoms with Gasteiger partial charge < -0.3 is 25.6 Å². The zero-order chi connectivity index (χ0) is 32.5. The van der Waals surface area contributed by atoms with Crippen LogP contribution in [0.4, 0.5) is 8.78 Å². The van der Waals surface area contributed by atoms with Crippen LogP contribution < -0.4 is 20.5 Å². The van der Waals surface area contributed by atoms with Crippen LogP contribution in [-0.4, -0.2) is 52.8 Å². The minimum Gasteiger partial charge on any atom is -0.494 e. The lowest BCUT2D eigenvalue weighted by molar-refractivity contribution is -0.123. The van der Waals surface area contributed by atoms with Crippen LogP contribution in [-0.2, 0) is 15.8 Å². The summed E-state index contributed by atoms with van der Waals surface area (Å²) in [5.41, 5.74) is 1.48. The first-order chi connectivity index (χ1) is 21.2. The van der Waals surface area contributed by atoms with E-state index in [1.807, 2.05) is 0 Å². The normalized spacial score (nSPS) is 19.4. The molecule has 2 aromatic heterocycles. The summed E-state index contributed by atoms with van der Waals surface area (Å²) in [4.78, 5) is 35.1. The van der Waals surface area contributed by atoms with Gasteiger partial charge in [0.15, 0.2) is 5.60 Å². The number of benzene rings is 2. The van der Waals surface area contributed by atoms with E-state index in [0.29, 0.717) is 27.4 Å². The van der Waals surface area contributed by atoms with Crippen molar-refractivity contribution < 1.29 is 33.0 Å². The zero-order valence-corrected chi connectivity index (χ0v) is 25.9. The first kappa shape index (κ1) is 30.9. The molecule has 2 amide bonds. The van der Waals surface area contributed by atoms with Crippen LogP contribution in [0.3, 0.4) is 0 Å². The van der Waals surface area contributed by atoms with Crippen molar-refractivity contribution in [2.75, 3.05) is 20.3 Å². The van der Waals surface area contributed by atoms with Gasteiger partial charge in [0.25, 0.3) is 5.91 Å². The molecule has 0 unspecified atom stereocenters. The van der Waals surface area contributed by atoms with Crippen molar-refractivity contribution in [3.05, 3.63) is 80.8 Å². The number of ether oxygens (including phenoxy) is 2. The highest BCUT2D eigenvalue weighted by atomic mass is 35.5. The average molecular weight is 658 g/mol. The molecule has 0 saturated heterocycles. The van der Waals surface area contributed by atoms with Crippen molar-refractivity contribution in [1.29, 1.82) is 0 Å². The third-order valence-corrected chi connectivity index (χ3v) is 9.35. The fourth-order valence-electron chi connectivity index (χ4n) is 5.58. The first-order valence-corrected chi connectivity index (χ1v) is 14.7. The van der Waals surface area contributed by atoms with Crippen LogP contribution in [0.1, 0.15) is 47.1 Å². The van der Waals surface area contributed by atoms with Gasteiger partial charge in [-0.3, -0.25) is 9.59 Å². The Morgan fingerprint density at radius 2 is 1.89 bits per heavy atom. The molecule has 2 aliphatic rings. The van der Waals surface area contributed by atoms with E-state index in [1.54, 1.807) is 26.0 Å². The monoisotopic (exact) mass is 656 g/mol. The molecule has 6 rings (SSSR count). The number of amides is 2. The van der Waals surface area contributed by atoms with E-state index in [1.165, 1.54) is 25.3 Å². The lowest BCUT2D eigenvalue weighted by atomic mass is 9.80. The second-order valence-corrected chi connectivity index (χ2v) is 12.5. The van der Waals surface area contributed by atoms with E-state index >= 15 is 4.39 Å². The second kappa shape index (κ2) is 10.8. The molecule has 9 nitrogen and oxygen atoms in total. The summed E-state index contributed by atoms with van der Waals surface area (Å²) in [5, 5.41) is 15.6. The number of nitrogens with two attached hydrogens (primary N) is 1. The Labute approximate surface area is 266 Å². The lowest BCUT2D eigenvalue weighted by Gasteiger charge is -2.33. The number of carbonyl (C=O) groups is 2. The Bertz CT molecular complexity index is 1920. The van der Waals surface area contributed by atoms with E-state index in [9.17, 15) is 19.1 Å². The molecule has 4 aromatic rings. The quantitative estimate of drug-likeness (QED) is 0.234. The third-order valence-electron chi connectivity index (χ3n) is 8.66. The Morgan fingerprint density at radius 3 is 2.53 bits per heavy atom. The maximum absolute atomic E-state index is 16.2. The Balaban J connectivity index is 1.43. The number of hydrogen-bond acceptors (Lipinski definition) is 7. The maximum Gasteiger partial charge on any atom is 0.251 e. The van der Waals surface area contributed by atoms with Crippen molar-refractivity contribution in [2.45, 2.75) is 43.4 Å². The second-order valence-electron chi connectivity index (χ2n) is 11.7. The number of aromatic nitrogens is 2. The fourth-order valence-corrected chi connectivity index (χ4v) is 6.00. The summed E-state index contributed by atoms with van der Waals surface area (Å²) in [7, 11) is 1.44. The van der Waals surface area contributed by atoms with Gasteiger partial charge in [-0.15, -0.1) is 0 Å². The third kappa shape index (κ3) is 5.03. The molecule has 3 heterocycles. The van der Waals surface area contributed by atoms with Crippen molar-refractivity contribution in [1.82, 2.24) is 15.3 Å². The number of hydrogen-bond donors (Lipinski definition) is 3. The van der Waals surface area contributed by atoms with E-state index in [0.717, 1.165) is 12.1 Å². The van der Waals surface area contributed by atoms with Crippen LogP contribution in [0.5, 0.6) is 11.5 Å². The predicted molar refractivity (Wildman–Crippen MR) is 164 cm³/mol. The summed E-state index contributed by atoms with van der Waals surface area (Å²) >= 11 is 12.6. The minimum atomic E-state index is -2.36. The smallest absolute Gasteiger partial charge is 0.251 e. The first-order valence-electron chi connectivity index (χ1n) is 14.0. The van der Waals surface area contributed by atoms with Gasteiger partial charge in [0, 0.05) is 22.1 Å². The topological polar surface area (TPSA) is 137 Å². The molecular formula is C32H28Cl2F2N4O5. The van der Waals surface area contributed by atoms with Gasteiger partial charge in [-0.1, -0.05) is 23.2 Å². The molecule has 0 radical (unpaired) electrons. The van der Waals surface area contributed by atoms with Gasteiger partial charge in [-0.05, 0) is 69.2 Å². The summed E-state index contributed by atoms with van der Waals surface area (Å²) in [6, 6.07) is 9.68. The molecule has 1 fully saturated rings. The SMILES string of the molecule is COc1cc(C(=O)NC[C@](O)(c2cc3c(c(-c4ccc(F)cc4Cl)n2)OC[C@]3(C)C(N)=O)C2(F)CC2)cc2cc(Cl)c(C)nc12. The van der Waals surface area contributed by atoms with Crippen molar-refractivity contribution in [2.24, 2.45) is 5.73 Å². The highest BCUT2D eigenvalue weighted by Gasteiger charge is 2.62. The largest absolute Gasteiger partial charge is 0.494 e. The van der Waals surface area contributed by atoms with Crippen molar-refractivity contribution in [3.63, 3.8) is 0 Å². The summed E-state index contributed by atoms with van der Waals surface area (Å²) in [5.74, 6) is -1.48. The summed E-state index contributed by atoms with van der Waals surface area (Å²) < 4.78 is 41.4. The summed E-state index contributed by atoms with van der Waals surface area (Å²) in [6.07, 6.45) is -0.0244. The molecular weight excluding hydrogens is 629 g/mol. The van der Waals surface area contributed by atoms with Crippen LogP contribution in [0.25, 0.3) is 22.2 Å². The number of nitrogens with one attached hydrogen (secondary N) is 1. The van der Waals surface area contributed by atoms with Gasteiger partial charge in [0.1, 0.15) is 46.2 Å². The van der Waals surface area contributed by atoms with Crippen molar-refractivity contribution >= 4 is 45.9 Å². The minimum absolute atomic E-state index is 0.0122. The molecule has 13 heteroatoms. The number of fused-ring (bicyclic) bond motifs is 2. The van der Waals surface area contributed by atoms with Crippen LogP contribution in [0.2, 0.25) is 10.0 Å². The predicted octanol–water partition coefficient (Wildman–Crippen LogP) is 5.31. The standard InChI is InChI=1S/C32H28Cl2F2N4O5/c1-15-21(33)9-16-8-17(10-23(44-3)25(16)39-15)28(41)38-13-32(43,31(36)6-7-31)24-12-20-27(45-14-30(20,2)29(37)42)26(40-24)19-5-4-18(35)11-22(19)34/h4-5,8-12,43H,6-7,13-14H2,1-3H3,(H2,37,42)(H,38,41)/t30-,32-/m0/s1. The number of methoxy groups -OCH3 is 1. The molecule has 234 valence electrons. The maximum atomic E-state index is 16.2. The molecule has 2 aromatic carbocycles. The number of carbonyl (C=O) groups excluding carboxylic acids is 2. The van der Waals surface area contributed by atoms with E-state index < -0.39 is 40.9 Å². The highest BCUT2D eigenvalue weighted by molar-refractivity contribution is 6.33. The number of primary amides is 1. The molecule has 45 heavy (non-hydrogen) atoms. The molecule has 1 aliphatic carbocycles. The molecule has 0 spiro atoms. The molecule has 2 atom stereocenters. The number of aliphatic hydroxyl groups is 1. The molecule has 0 bridgehead atoms. The van der Waals surface area contributed by atoms with Crippen LogP contribution >= 0.6 is 23.2 Å². The Morgan fingerprint density at radius 1 is 1.16 bits per heavy atom.